The van der Waals surface area contributed by atoms with Crippen LogP contribution in [0, 0.1) is 13.8 Å². The van der Waals surface area contributed by atoms with Gasteiger partial charge in [-0.3, -0.25) is 0 Å². The number of hydrogen-bond acceptors (Lipinski definition) is 0. The van der Waals surface area contributed by atoms with Gasteiger partial charge in [-0.2, -0.15) is 18.9 Å². The van der Waals surface area contributed by atoms with Gasteiger partial charge in [0, 0.05) is 25.8 Å². The first-order valence-electron chi connectivity index (χ1n) is 10.9. The molecule has 0 atom stereocenters. The molecule has 0 aliphatic rings. The van der Waals surface area contributed by atoms with Crippen LogP contribution in [-0.4, -0.2) is 0 Å². The van der Waals surface area contributed by atoms with Crippen molar-refractivity contribution >= 4 is 21.5 Å². The van der Waals surface area contributed by atoms with Crippen molar-refractivity contribution < 1.29 is 25.8 Å². The number of hydrogen-bond donors (Lipinski definition) is 0. The summed E-state index contributed by atoms with van der Waals surface area (Å²) < 4.78 is 0. The molecule has 4 rings (SSSR count). The number of rotatable bonds is 4. The predicted octanol–water partition coefficient (Wildman–Crippen LogP) is 9.18. The summed E-state index contributed by atoms with van der Waals surface area (Å²) in [4.78, 5) is 0. The van der Waals surface area contributed by atoms with Crippen LogP contribution in [0.4, 0.5) is 0 Å². The summed E-state index contributed by atoms with van der Waals surface area (Å²) in [7, 11) is 0. The zero-order valence-corrected chi connectivity index (χ0v) is 22.5. The molecular weight excluding hydrogens is 527 g/mol. The maximum atomic E-state index is 3.60. The molecule has 0 saturated heterocycles. The minimum Gasteiger partial charge on any atom is -0.343 e. The largest absolute Gasteiger partial charge is 0.343 e. The van der Waals surface area contributed by atoms with Crippen LogP contribution in [0.5, 0.6) is 0 Å². The fourth-order valence-corrected chi connectivity index (χ4v) is 3.20. The van der Waals surface area contributed by atoms with E-state index in [0.29, 0.717) is 0 Å². The SMILES string of the molecule is CCc1cc2c(-c3cccc4ccccc34)cccc2[cH-]1.[CH2-]CCC.[CH2-]CCC.[Hf]. The molecule has 158 valence electrons. The van der Waals surface area contributed by atoms with Crippen molar-refractivity contribution in [3.63, 3.8) is 0 Å². The molecule has 0 aliphatic heterocycles. The Labute approximate surface area is 202 Å². The fraction of sp³-hybridized carbons (Fsp3) is 0.276. The van der Waals surface area contributed by atoms with Gasteiger partial charge in [0.25, 0.3) is 0 Å². The zero-order chi connectivity index (χ0) is 21.1. The van der Waals surface area contributed by atoms with Crippen LogP contribution in [-0.2, 0) is 32.3 Å². The van der Waals surface area contributed by atoms with Crippen LogP contribution in [0.15, 0.2) is 72.8 Å². The topological polar surface area (TPSA) is 0 Å². The molecule has 0 N–H and O–H groups in total. The van der Waals surface area contributed by atoms with Crippen molar-refractivity contribution in [2.75, 3.05) is 0 Å². The average Bonchev–Trinajstić information content (AvgIpc) is 3.22. The van der Waals surface area contributed by atoms with Crippen molar-refractivity contribution in [3.05, 3.63) is 92.2 Å². The number of fused-ring (bicyclic) bond motifs is 2. The van der Waals surface area contributed by atoms with Crippen LogP contribution in [0.1, 0.15) is 52.0 Å². The van der Waals surface area contributed by atoms with E-state index >= 15 is 0 Å². The third-order valence-electron chi connectivity index (χ3n) is 5.01. The molecule has 4 aromatic rings. The van der Waals surface area contributed by atoms with E-state index in [1.165, 1.54) is 51.1 Å². The van der Waals surface area contributed by atoms with Crippen LogP contribution in [0.25, 0.3) is 32.7 Å². The van der Waals surface area contributed by atoms with Crippen molar-refractivity contribution in [3.8, 4) is 11.1 Å². The number of benzene rings is 3. The molecule has 4 aromatic carbocycles. The molecule has 0 saturated carbocycles. The third-order valence-corrected chi connectivity index (χ3v) is 5.01. The summed E-state index contributed by atoms with van der Waals surface area (Å²) in [6.45, 7) is 13.7. The first-order valence-corrected chi connectivity index (χ1v) is 10.9. The maximum absolute atomic E-state index is 3.60. The van der Waals surface area contributed by atoms with Gasteiger partial charge in [-0.25, -0.2) is 0 Å². The molecule has 0 aliphatic carbocycles. The van der Waals surface area contributed by atoms with E-state index in [9.17, 15) is 0 Å². The normalized spacial score (nSPS) is 9.90. The standard InChI is InChI=1S/C21H17.2C4H9.Hf/c1-2-15-13-17-9-6-12-20(21(17)14-15)19-11-5-8-16-7-3-4-10-18(16)19;2*1-3-4-2;/h3-14H,2H2,1H3;2*1,3-4H2,2H3;/q3*-1;. The Morgan fingerprint density at radius 2 is 1.23 bits per heavy atom. The Hall–Kier alpha value is -1.60. The smallest absolute Gasteiger partial charge is 0 e. The van der Waals surface area contributed by atoms with Gasteiger partial charge in [0.1, 0.15) is 0 Å². The van der Waals surface area contributed by atoms with E-state index < -0.39 is 0 Å². The summed E-state index contributed by atoms with van der Waals surface area (Å²) in [5.74, 6) is 0. The van der Waals surface area contributed by atoms with E-state index in [0.717, 1.165) is 19.3 Å². The Morgan fingerprint density at radius 1 is 0.700 bits per heavy atom. The molecule has 30 heavy (non-hydrogen) atoms. The van der Waals surface area contributed by atoms with Crippen LogP contribution >= 0.6 is 0 Å². The Bertz CT molecular complexity index is 980. The molecule has 0 radical (unpaired) electrons. The molecule has 1 heteroatoms. The van der Waals surface area contributed by atoms with E-state index in [1.54, 1.807) is 0 Å². The summed E-state index contributed by atoms with van der Waals surface area (Å²) in [6.07, 6.45) is 5.64. The Balaban J connectivity index is 0.000000435. The zero-order valence-electron chi connectivity index (χ0n) is 18.9. The fourth-order valence-electron chi connectivity index (χ4n) is 3.20. The molecular formula is C29H35Hf-3. The van der Waals surface area contributed by atoms with Gasteiger partial charge in [-0.1, -0.05) is 87.7 Å². The minimum absolute atomic E-state index is 0. The predicted molar refractivity (Wildman–Crippen MR) is 132 cm³/mol. The van der Waals surface area contributed by atoms with Gasteiger partial charge in [-0.05, 0) is 22.8 Å². The molecule has 0 amide bonds. The summed E-state index contributed by atoms with van der Waals surface area (Å²) in [5.41, 5.74) is 4.08. The van der Waals surface area contributed by atoms with Crippen LogP contribution in [0.2, 0.25) is 0 Å². The Morgan fingerprint density at radius 3 is 1.83 bits per heavy atom. The molecule has 0 fully saturated rings. The first-order chi connectivity index (χ1) is 14.2. The molecule has 0 aromatic heterocycles. The van der Waals surface area contributed by atoms with Gasteiger partial charge in [-0.15, -0.1) is 34.5 Å². The third kappa shape index (κ3) is 6.98. The minimum atomic E-state index is 0. The van der Waals surface area contributed by atoms with E-state index in [4.69, 9.17) is 0 Å². The van der Waals surface area contributed by atoms with Crippen molar-refractivity contribution in [2.24, 2.45) is 0 Å². The number of aryl methyl sites for hydroxylation is 1. The van der Waals surface area contributed by atoms with Crippen molar-refractivity contribution in [1.29, 1.82) is 0 Å². The van der Waals surface area contributed by atoms with Crippen molar-refractivity contribution in [1.82, 2.24) is 0 Å². The second-order valence-corrected chi connectivity index (χ2v) is 7.26. The maximum Gasteiger partial charge on any atom is 0 e. The summed E-state index contributed by atoms with van der Waals surface area (Å²) in [6, 6.07) is 26.5. The average molecular weight is 562 g/mol. The van der Waals surface area contributed by atoms with Crippen LogP contribution in [0.3, 0.4) is 0 Å². The second-order valence-electron chi connectivity index (χ2n) is 7.26. The van der Waals surface area contributed by atoms with E-state index in [2.05, 4.69) is 107 Å². The van der Waals surface area contributed by atoms with Gasteiger partial charge in [0.05, 0.1) is 0 Å². The van der Waals surface area contributed by atoms with Crippen LogP contribution < -0.4 is 0 Å². The molecule has 0 unspecified atom stereocenters. The summed E-state index contributed by atoms with van der Waals surface area (Å²) in [5, 5.41) is 5.34. The molecule has 0 bridgehead atoms. The van der Waals surface area contributed by atoms with Gasteiger partial charge >= 0.3 is 0 Å². The van der Waals surface area contributed by atoms with E-state index in [1.807, 2.05) is 0 Å². The molecule has 0 spiro atoms. The molecule has 0 nitrogen and oxygen atoms in total. The second kappa shape index (κ2) is 14.4. The van der Waals surface area contributed by atoms with Crippen molar-refractivity contribution in [2.45, 2.75) is 52.9 Å². The van der Waals surface area contributed by atoms with Gasteiger partial charge in [0.15, 0.2) is 0 Å². The quantitative estimate of drug-likeness (QED) is 0.172. The van der Waals surface area contributed by atoms with Gasteiger partial charge < -0.3 is 13.8 Å². The van der Waals surface area contributed by atoms with Gasteiger partial charge in [0.2, 0.25) is 0 Å². The molecule has 0 heterocycles. The monoisotopic (exact) mass is 563 g/mol. The summed E-state index contributed by atoms with van der Waals surface area (Å²) >= 11 is 0. The number of unbranched alkanes of at least 4 members (excludes halogenated alkanes) is 2. The first kappa shape index (κ1) is 26.4. The van der Waals surface area contributed by atoms with E-state index in [-0.39, 0.29) is 25.8 Å². The Kier molecular flexibility index (Phi) is 12.7.